The number of amides is 1. The fourth-order valence-corrected chi connectivity index (χ4v) is 2.38. The lowest BCUT2D eigenvalue weighted by Crippen LogP contribution is -2.45. The molecule has 0 unspecified atom stereocenters. The summed E-state index contributed by atoms with van der Waals surface area (Å²) in [4.78, 5) is 14.0. The molecule has 0 aromatic heterocycles. The van der Waals surface area contributed by atoms with E-state index in [0.29, 0.717) is 42.2 Å². The van der Waals surface area contributed by atoms with Crippen molar-refractivity contribution in [2.45, 2.75) is 25.4 Å². The molecule has 1 saturated heterocycles. The smallest absolute Gasteiger partial charge is 0.257 e. The van der Waals surface area contributed by atoms with E-state index < -0.39 is 5.60 Å². The number of anilines is 1. The van der Waals surface area contributed by atoms with Crippen LogP contribution in [0, 0.1) is 0 Å². The van der Waals surface area contributed by atoms with Crippen LogP contribution < -0.4 is 5.73 Å². The third kappa shape index (κ3) is 2.60. The number of nitrogens with two attached hydrogens (primary N) is 1. The van der Waals surface area contributed by atoms with Crippen LogP contribution in [-0.4, -0.2) is 34.6 Å². The number of aliphatic hydroxyl groups is 1. The molecule has 0 aliphatic carbocycles. The summed E-state index contributed by atoms with van der Waals surface area (Å²) in [6, 6.07) is 5.04. The Kier molecular flexibility index (Phi) is 3.50. The zero-order chi connectivity index (χ0) is 13.3. The molecule has 0 atom stereocenters. The van der Waals surface area contributed by atoms with Crippen molar-refractivity contribution in [1.29, 1.82) is 0 Å². The van der Waals surface area contributed by atoms with Crippen LogP contribution in [0.5, 0.6) is 0 Å². The Bertz CT molecular complexity index is 444. The topological polar surface area (TPSA) is 66.6 Å². The highest BCUT2D eigenvalue weighted by atomic mass is 35.5. The molecule has 4 nitrogen and oxygen atoms in total. The number of hydrogen-bond acceptors (Lipinski definition) is 3. The van der Waals surface area contributed by atoms with E-state index in [1.165, 1.54) is 0 Å². The van der Waals surface area contributed by atoms with Crippen LogP contribution in [0.15, 0.2) is 18.2 Å². The molecule has 1 aromatic rings. The van der Waals surface area contributed by atoms with E-state index in [-0.39, 0.29) is 5.91 Å². The van der Waals surface area contributed by atoms with Crippen LogP contribution >= 0.6 is 11.6 Å². The summed E-state index contributed by atoms with van der Waals surface area (Å²) in [6.07, 6.45) is 1.15. The minimum Gasteiger partial charge on any atom is -0.398 e. The SMILES string of the molecule is CC1(O)CCN(C(=O)c2c(N)cccc2Cl)CC1. The van der Waals surface area contributed by atoms with Gasteiger partial charge in [-0.05, 0) is 31.9 Å². The Balaban J connectivity index is 2.18. The largest absolute Gasteiger partial charge is 0.398 e. The maximum absolute atomic E-state index is 12.3. The molecule has 1 aliphatic rings. The second kappa shape index (κ2) is 4.78. The molecule has 1 aliphatic heterocycles. The minimum absolute atomic E-state index is 0.159. The Morgan fingerprint density at radius 2 is 2.06 bits per heavy atom. The average molecular weight is 269 g/mol. The number of halogens is 1. The third-order valence-corrected chi connectivity index (χ3v) is 3.70. The van der Waals surface area contributed by atoms with Crippen molar-refractivity contribution in [3.05, 3.63) is 28.8 Å². The molecule has 1 heterocycles. The van der Waals surface area contributed by atoms with Gasteiger partial charge in [-0.1, -0.05) is 17.7 Å². The highest BCUT2D eigenvalue weighted by molar-refractivity contribution is 6.34. The van der Waals surface area contributed by atoms with Crippen LogP contribution in [0.3, 0.4) is 0 Å². The minimum atomic E-state index is -0.678. The van der Waals surface area contributed by atoms with Crippen molar-refractivity contribution in [1.82, 2.24) is 4.90 Å². The monoisotopic (exact) mass is 268 g/mol. The van der Waals surface area contributed by atoms with Gasteiger partial charge >= 0.3 is 0 Å². The zero-order valence-electron chi connectivity index (χ0n) is 10.3. The lowest BCUT2D eigenvalue weighted by atomic mass is 9.93. The first-order chi connectivity index (χ1) is 8.41. The fraction of sp³-hybridized carbons (Fsp3) is 0.462. The number of hydrogen-bond donors (Lipinski definition) is 2. The van der Waals surface area contributed by atoms with Gasteiger partial charge in [-0.15, -0.1) is 0 Å². The molecule has 98 valence electrons. The predicted molar refractivity (Wildman–Crippen MR) is 71.6 cm³/mol. The van der Waals surface area contributed by atoms with Crippen molar-refractivity contribution >= 4 is 23.2 Å². The standard InChI is InChI=1S/C13H17ClN2O2/c1-13(18)5-7-16(8-6-13)12(17)11-9(14)3-2-4-10(11)15/h2-4,18H,5-8,15H2,1H3. The first kappa shape index (κ1) is 13.2. The van der Waals surface area contributed by atoms with Gasteiger partial charge in [-0.3, -0.25) is 4.79 Å². The number of rotatable bonds is 1. The summed E-state index contributed by atoms with van der Waals surface area (Å²) in [6.45, 7) is 2.84. The normalized spacial score (nSPS) is 18.7. The van der Waals surface area contributed by atoms with Gasteiger partial charge < -0.3 is 15.7 Å². The number of piperidine rings is 1. The Morgan fingerprint density at radius 1 is 1.44 bits per heavy atom. The molecule has 2 rings (SSSR count). The van der Waals surface area contributed by atoms with E-state index in [4.69, 9.17) is 17.3 Å². The van der Waals surface area contributed by atoms with Crippen molar-refractivity contribution in [3.63, 3.8) is 0 Å². The molecule has 1 fully saturated rings. The molecular formula is C13H17ClN2O2. The van der Waals surface area contributed by atoms with Crippen LogP contribution in [0.2, 0.25) is 5.02 Å². The van der Waals surface area contributed by atoms with E-state index >= 15 is 0 Å². The lowest BCUT2D eigenvalue weighted by Gasteiger charge is -2.36. The zero-order valence-corrected chi connectivity index (χ0v) is 11.1. The van der Waals surface area contributed by atoms with Gasteiger partial charge in [-0.2, -0.15) is 0 Å². The molecule has 0 bridgehead atoms. The van der Waals surface area contributed by atoms with E-state index in [1.54, 1.807) is 30.0 Å². The van der Waals surface area contributed by atoms with E-state index in [0.717, 1.165) is 0 Å². The first-order valence-corrected chi connectivity index (χ1v) is 6.34. The van der Waals surface area contributed by atoms with E-state index in [1.807, 2.05) is 0 Å². The fourth-order valence-electron chi connectivity index (χ4n) is 2.12. The van der Waals surface area contributed by atoms with Crippen molar-refractivity contribution in [3.8, 4) is 0 Å². The third-order valence-electron chi connectivity index (χ3n) is 3.39. The summed E-state index contributed by atoms with van der Waals surface area (Å²) in [5.41, 5.74) is 5.88. The maximum atomic E-state index is 12.3. The Morgan fingerprint density at radius 3 is 2.61 bits per heavy atom. The molecule has 5 heteroatoms. The Hall–Kier alpha value is -1.26. The summed E-state index contributed by atoms with van der Waals surface area (Å²) < 4.78 is 0. The maximum Gasteiger partial charge on any atom is 0.257 e. The van der Waals surface area contributed by atoms with E-state index in [9.17, 15) is 9.90 Å². The summed E-state index contributed by atoms with van der Waals surface area (Å²) in [5, 5.41) is 10.2. The van der Waals surface area contributed by atoms with Gasteiger partial charge in [0.25, 0.3) is 5.91 Å². The molecule has 0 saturated carbocycles. The van der Waals surface area contributed by atoms with Crippen LogP contribution in [0.1, 0.15) is 30.1 Å². The highest BCUT2D eigenvalue weighted by Crippen LogP contribution is 2.27. The second-order valence-corrected chi connectivity index (χ2v) is 5.40. The van der Waals surface area contributed by atoms with E-state index in [2.05, 4.69) is 0 Å². The highest BCUT2D eigenvalue weighted by Gasteiger charge is 2.31. The predicted octanol–water partition coefficient (Wildman–Crippen LogP) is 1.91. The molecule has 1 aromatic carbocycles. The van der Waals surface area contributed by atoms with Crippen molar-refractivity contribution < 1.29 is 9.90 Å². The second-order valence-electron chi connectivity index (χ2n) is 4.99. The first-order valence-electron chi connectivity index (χ1n) is 5.96. The molecule has 18 heavy (non-hydrogen) atoms. The van der Waals surface area contributed by atoms with Gasteiger partial charge in [-0.25, -0.2) is 0 Å². The van der Waals surface area contributed by atoms with Gasteiger partial charge in [0.05, 0.1) is 16.2 Å². The number of carbonyl (C=O) groups excluding carboxylic acids is 1. The van der Waals surface area contributed by atoms with Crippen LogP contribution in [0.4, 0.5) is 5.69 Å². The lowest BCUT2D eigenvalue weighted by molar-refractivity contribution is -0.00198. The van der Waals surface area contributed by atoms with Gasteiger partial charge in [0.1, 0.15) is 0 Å². The number of carbonyl (C=O) groups is 1. The summed E-state index contributed by atoms with van der Waals surface area (Å²) in [7, 11) is 0. The molecular weight excluding hydrogens is 252 g/mol. The van der Waals surface area contributed by atoms with Crippen LogP contribution in [0.25, 0.3) is 0 Å². The van der Waals surface area contributed by atoms with Crippen molar-refractivity contribution in [2.24, 2.45) is 0 Å². The molecule has 1 amide bonds. The number of benzene rings is 1. The number of nitrogens with zero attached hydrogens (tertiary/aromatic N) is 1. The van der Waals surface area contributed by atoms with Gasteiger partial charge in [0.2, 0.25) is 0 Å². The molecule has 0 spiro atoms. The number of nitrogen functional groups attached to an aromatic ring is 1. The summed E-state index contributed by atoms with van der Waals surface area (Å²) >= 11 is 6.02. The van der Waals surface area contributed by atoms with Gasteiger partial charge in [0, 0.05) is 18.8 Å². The molecule has 0 radical (unpaired) electrons. The Labute approximate surface area is 111 Å². The van der Waals surface area contributed by atoms with Gasteiger partial charge in [0.15, 0.2) is 0 Å². The average Bonchev–Trinajstić information content (AvgIpc) is 2.28. The van der Waals surface area contributed by atoms with Crippen LogP contribution in [-0.2, 0) is 0 Å². The quantitative estimate of drug-likeness (QED) is 0.765. The van der Waals surface area contributed by atoms with Crippen molar-refractivity contribution in [2.75, 3.05) is 18.8 Å². The number of likely N-dealkylation sites (tertiary alicyclic amines) is 1. The molecule has 3 N–H and O–H groups in total. The summed E-state index contributed by atoms with van der Waals surface area (Å²) in [5.74, 6) is -0.159.